The van der Waals surface area contributed by atoms with E-state index in [2.05, 4.69) is 18.6 Å². The zero-order chi connectivity index (χ0) is 11.8. The van der Waals surface area contributed by atoms with Gasteiger partial charge < -0.3 is 4.74 Å². The average molecular weight is 242 g/mol. The zero-order valence-corrected chi connectivity index (χ0v) is 11.3. The molecule has 0 aromatic carbocycles. The van der Waals surface area contributed by atoms with E-state index in [0.29, 0.717) is 11.2 Å². The summed E-state index contributed by atoms with van der Waals surface area (Å²) in [6.45, 7) is 4.83. The number of carbonyl (C=O) groups excluding carboxylic acids is 1. The molecular formula is C13H22O2S. The highest BCUT2D eigenvalue weighted by Gasteiger charge is 2.52. The number of rotatable bonds is 4. The Labute approximate surface area is 103 Å². The van der Waals surface area contributed by atoms with E-state index in [-0.39, 0.29) is 5.97 Å². The van der Waals surface area contributed by atoms with E-state index >= 15 is 0 Å². The smallest absolute Gasteiger partial charge is 0.315 e. The second-order valence-corrected chi connectivity index (χ2v) is 6.82. The van der Waals surface area contributed by atoms with Gasteiger partial charge in [-0.3, -0.25) is 4.79 Å². The molecule has 0 aliphatic heterocycles. The molecule has 0 radical (unpaired) electrons. The fourth-order valence-corrected chi connectivity index (χ4v) is 5.00. The minimum absolute atomic E-state index is 0.0917. The molecule has 2 aliphatic carbocycles. The van der Waals surface area contributed by atoms with Crippen molar-refractivity contribution in [3.8, 4) is 0 Å². The van der Waals surface area contributed by atoms with Gasteiger partial charge in [-0.25, -0.2) is 0 Å². The van der Waals surface area contributed by atoms with Gasteiger partial charge in [-0.1, -0.05) is 13.8 Å². The number of thioether (sulfide) groups is 1. The Morgan fingerprint density at radius 3 is 2.75 bits per heavy atom. The highest BCUT2D eigenvalue weighted by Crippen LogP contribution is 2.59. The van der Waals surface area contributed by atoms with E-state index in [4.69, 9.17) is 0 Å². The van der Waals surface area contributed by atoms with Gasteiger partial charge in [0.15, 0.2) is 0 Å². The lowest BCUT2D eigenvalue weighted by Crippen LogP contribution is -2.32. The van der Waals surface area contributed by atoms with Crippen LogP contribution in [0.15, 0.2) is 0 Å². The van der Waals surface area contributed by atoms with Crippen molar-refractivity contribution in [1.29, 1.82) is 0 Å². The Morgan fingerprint density at radius 2 is 2.19 bits per heavy atom. The first-order chi connectivity index (χ1) is 7.55. The first kappa shape index (κ1) is 12.3. The lowest BCUT2D eigenvalue weighted by Gasteiger charge is -2.38. The van der Waals surface area contributed by atoms with Gasteiger partial charge in [-0.15, -0.1) is 11.8 Å². The summed E-state index contributed by atoms with van der Waals surface area (Å²) in [6.07, 6.45) is 4.27. The summed E-state index contributed by atoms with van der Waals surface area (Å²) in [7, 11) is 1.46. The highest BCUT2D eigenvalue weighted by molar-refractivity contribution is 7.99. The molecule has 0 amide bonds. The minimum atomic E-state index is -0.0917. The molecule has 92 valence electrons. The molecule has 0 heterocycles. The average Bonchev–Trinajstić information content (AvgIpc) is 2.79. The van der Waals surface area contributed by atoms with E-state index in [9.17, 15) is 4.79 Å². The van der Waals surface area contributed by atoms with E-state index in [0.717, 1.165) is 23.5 Å². The van der Waals surface area contributed by atoms with Crippen molar-refractivity contribution in [3.63, 3.8) is 0 Å². The van der Waals surface area contributed by atoms with Gasteiger partial charge in [0, 0.05) is 0 Å². The van der Waals surface area contributed by atoms with Gasteiger partial charge in [-0.05, 0) is 48.2 Å². The summed E-state index contributed by atoms with van der Waals surface area (Å²) in [5.74, 6) is 4.21. The van der Waals surface area contributed by atoms with Crippen LogP contribution in [0.5, 0.6) is 0 Å². The molecule has 0 saturated heterocycles. The largest absolute Gasteiger partial charge is 0.468 e. The molecule has 0 N–H and O–H groups in total. The Bertz CT molecular complexity index is 275. The van der Waals surface area contributed by atoms with Gasteiger partial charge in [0.2, 0.25) is 0 Å². The third kappa shape index (κ3) is 2.11. The predicted molar refractivity (Wildman–Crippen MR) is 67.4 cm³/mol. The van der Waals surface area contributed by atoms with Gasteiger partial charge >= 0.3 is 5.97 Å². The van der Waals surface area contributed by atoms with Crippen LogP contribution in [0.1, 0.15) is 33.1 Å². The molecule has 0 spiro atoms. The SMILES string of the molecule is COC(=O)CSC[C@H]1C2CCC(C2)C1(C)C. The number of fused-ring (bicyclic) bond motifs is 2. The number of methoxy groups -OCH3 is 1. The van der Waals surface area contributed by atoms with Crippen molar-refractivity contribution in [2.75, 3.05) is 18.6 Å². The summed E-state index contributed by atoms with van der Waals surface area (Å²) < 4.78 is 4.67. The minimum Gasteiger partial charge on any atom is -0.468 e. The summed E-state index contributed by atoms with van der Waals surface area (Å²) in [5.41, 5.74) is 0.492. The second kappa shape index (κ2) is 4.59. The van der Waals surface area contributed by atoms with Crippen LogP contribution in [0, 0.1) is 23.2 Å². The van der Waals surface area contributed by atoms with Crippen LogP contribution in [-0.2, 0) is 9.53 Å². The van der Waals surface area contributed by atoms with Crippen molar-refractivity contribution < 1.29 is 9.53 Å². The van der Waals surface area contributed by atoms with Crippen molar-refractivity contribution in [2.45, 2.75) is 33.1 Å². The molecule has 2 saturated carbocycles. The molecule has 2 bridgehead atoms. The quantitative estimate of drug-likeness (QED) is 0.709. The molecule has 3 heteroatoms. The number of hydrogen-bond donors (Lipinski definition) is 0. The van der Waals surface area contributed by atoms with Crippen LogP contribution in [0.25, 0.3) is 0 Å². The van der Waals surface area contributed by atoms with Crippen molar-refractivity contribution in [2.24, 2.45) is 23.2 Å². The summed E-state index contributed by atoms with van der Waals surface area (Å²) in [6, 6.07) is 0. The third-order valence-corrected chi connectivity index (χ3v) is 5.83. The fourth-order valence-electron chi connectivity index (χ4n) is 3.65. The normalized spacial score (nSPS) is 35.3. The van der Waals surface area contributed by atoms with Crippen molar-refractivity contribution in [1.82, 2.24) is 0 Å². The lowest BCUT2D eigenvalue weighted by molar-refractivity contribution is -0.137. The first-order valence-electron chi connectivity index (χ1n) is 6.20. The third-order valence-electron chi connectivity index (χ3n) is 4.80. The van der Waals surface area contributed by atoms with Crippen LogP contribution in [0.3, 0.4) is 0 Å². The second-order valence-electron chi connectivity index (χ2n) is 5.79. The topological polar surface area (TPSA) is 26.3 Å². The Kier molecular flexibility index (Phi) is 3.53. The van der Waals surface area contributed by atoms with Crippen LogP contribution in [0.2, 0.25) is 0 Å². The standard InChI is InChI=1S/C13H22O2S/c1-13(2)10-5-4-9(6-10)11(13)7-16-8-12(14)15-3/h9-11H,4-8H2,1-3H3/t9?,10?,11-/m0/s1. The molecular weight excluding hydrogens is 220 g/mol. The maximum Gasteiger partial charge on any atom is 0.315 e. The highest BCUT2D eigenvalue weighted by atomic mass is 32.2. The Morgan fingerprint density at radius 1 is 1.44 bits per heavy atom. The lowest BCUT2D eigenvalue weighted by atomic mass is 9.69. The van der Waals surface area contributed by atoms with Gasteiger partial charge in [-0.2, -0.15) is 0 Å². The van der Waals surface area contributed by atoms with Crippen LogP contribution in [-0.4, -0.2) is 24.6 Å². The monoisotopic (exact) mass is 242 g/mol. The maximum atomic E-state index is 11.1. The molecule has 2 aliphatic rings. The molecule has 16 heavy (non-hydrogen) atoms. The Hall–Kier alpha value is -0.180. The first-order valence-corrected chi connectivity index (χ1v) is 7.35. The van der Waals surface area contributed by atoms with E-state index in [1.807, 2.05) is 0 Å². The number of carbonyl (C=O) groups is 1. The molecule has 3 atom stereocenters. The summed E-state index contributed by atoms with van der Waals surface area (Å²) >= 11 is 1.75. The van der Waals surface area contributed by atoms with Gasteiger partial charge in [0.05, 0.1) is 12.9 Å². The van der Waals surface area contributed by atoms with Crippen LogP contribution < -0.4 is 0 Å². The van der Waals surface area contributed by atoms with Gasteiger partial charge in [0.1, 0.15) is 0 Å². The Balaban J connectivity index is 1.83. The number of esters is 1. The molecule has 2 rings (SSSR count). The van der Waals surface area contributed by atoms with Crippen LogP contribution >= 0.6 is 11.8 Å². The van der Waals surface area contributed by atoms with Crippen molar-refractivity contribution in [3.05, 3.63) is 0 Å². The summed E-state index contributed by atoms with van der Waals surface area (Å²) in [5, 5.41) is 0. The molecule has 2 fully saturated rings. The molecule has 0 aromatic heterocycles. The van der Waals surface area contributed by atoms with Gasteiger partial charge in [0.25, 0.3) is 0 Å². The summed E-state index contributed by atoms with van der Waals surface area (Å²) in [4.78, 5) is 11.1. The molecule has 2 nitrogen and oxygen atoms in total. The maximum absolute atomic E-state index is 11.1. The predicted octanol–water partition coefficient (Wildman–Crippen LogP) is 2.96. The van der Waals surface area contributed by atoms with E-state index < -0.39 is 0 Å². The van der Waals surface area contributed by atoms with E-state index in [1.165, 1.54) is 26.4 Å². The zero-order valence-electron chi connectivity index (χ0n) is 10.5. The number of ether oxygens (including phenoxy) is 1. The van der Waals surface area contributed by atoms with Crippen molar-refractivity contribution >= 4 is 17.7 Å². The fraction of sp³-hybridized carbons (Fsp3) is 0.923. The number of hydrogen-bond acceptors (Lipinski definition) is 3. The molecule has 2 unspecified atom stereocenters. The van der Waals surface area contributed by atoms with E-state index in [1.54, 1.807) is 11.8 Å². The van der Waals surface area contributed by atoms with Crippen LogP contribution in [0.4, 0.5) is 0 Å². The molecule has 0 aromatic rings.